The van der Waals surface area contributed by atoms with Crippen LogP contribution in [0.5, 0.6) is 5.88 Å². The van der Waals surface area contributed by atoms with Gasteiger partial charge in [0.15, 0.2) is 29.7 Å². The van der Waals surface area contributed by atoms with Crippen LogP contribution in [-0.4, -0.2) is 93.0 Å². The number of alkyl halides is 1. The Balaban J connectivity index is 1.59. The molecule has 6 atom stereocenters. The van der Waals surface area contributed by atoms with E-state index in [1.54, 1.807) is 65.0 Å². The lowest BCUT2D eigenvalue weighted by molar-refractivity contribution is -0.149. The average Bonchev–Trinajstić information content (AvgIpc) is 3.52. The number of esters is 2. The van der Waals surface area contributed by atoms with Crippen molar-refractivity contribution in [3.63, 3.8) is 0 Å². The third-order valence-corrected chi connectivity index (χ3v) is 8.64. The van der Waals surface area contributed by atoms with E-state index in [0.29, 0.717) is 18.0 Å². The van der Waals surface area contributed by atoms with E-state index < -0.39 is 69.1 Å². The zero-order valence-corrected chi connectivity index (χ0v) is 28.0. The first-order valence-corrected chi connectivity index (χ1v) is 16.8. The molecule has 1 aliphatic heterocycles. The highest BCUT2D eigenvalue weighted by Gasteiger charge is 2.56. The predicted molar refractivity (Wildman–Crippen MR) is 165 cm³/mol. The lowest BCUT2D eigenvalue weighted by atomic mass is 9.98. The number of nitrogens with one attached hydrogen (secondary N) is 1. The lowest BCUT2D eigenvalue weighted by Crippen LogP contribution is -2.42. The topological polar surface area (TPSA) is 182 Å². The quantitative estimate of drug-likeness (QED) is 0.166. The van der Waals surface area contributed by atoms with E-state index in [1.807, 2.05) is 0 Å². The largest absolute Gasteiger partial charge is 0.476 e. The number of carbonyl (C=O) groups is 2. The van der Waals surface area contributed by atoms with Gasteiger partial charge in [0.05, 0.1) is 32.3 Å². The van der Waals surface area contributed by atoms with E-state index in [-0.39, 0.29) is 30.1 Å². The number of halogens is 1. The van der Waals surface area contributed by atoms with E-state index in [1.165, 1.54) is 10.9 Å². The van der Waals surface area contributed by atoms with Crippen LogP contribution in [0.4, 0.5) is 4.39 Å². The zero-order chi connectivity index (χ0) is 34.4. The molecule has 0 aliphatic carbocycles. The van der Waals surface area contributed by atoms with Crippen LogP contribution in [0.15, 0.2) is 36.7 Å². The van der Waals surface area contributed by atoms with Gasteiger partial charge in [-0.05, 0) is 53.5 Å². The van der Waals surface area contributed by atoms with E-state index >= 15 is 4.39 Å². The van der Waals surface area contributed by atoms with Gasteiger partial charge >= 0.3 is 19.7 Å². The van der Waals surface area contributed by atoms with E-state index in [0.717, 1.165) is 6.92 Å². The predicted octanol–water partition coefficient (Wildman–Crippen LogP) is 3.38. The summed E-state index contributed by atoms with van der Waals surface area (Å²) in [6, 6.07) is 7.61. The summed E-state index contributed by atoms with van der Waals surface area (Å²) in [5, 5.41) is 13.6. The number of ether oxygens (including phenoxy) is 4. The second-order valence-electron chi connectivity index (χ2n) is 11.2. The van der Waals surface area contributed by atoms with Crippen molar-refractivity contribution in [3.8, 4) is 5.88 Å². The van der Waals surface area contributed by atoms with Crippen LogP contribution in [0.2, 0.25) is 0 Å². The first-order valence-electron chi connectivity index (χ1n) is 15.2. The first kappa shape index (κ1) is 36.3. The van der Waals surface area contributed by atoms with E-state index in [2.05, 4.69) is 20.0 Å². The van der Waals surface area contributed by atoms with Gasteiger partial charge < -0.3 is 24.1 Å². The fourth-order valence-electron chi connectivity index (χ4n) is 4.91. The summed E-state index contributed by atoms with van der Waals surface area (Å²) < 4.78 is 64.4. The van der Waals surface area contributed by atoms with Gasteiger partial charge in [-0.25, -0.2) is 28.8 Å². The minimum absolute atomic E-state index is 0.0222. The van der Waals surface area contributed by atoms with Crippen LogP contribution in [0, 0.1) is 6.92 Å². The molecule has 1 aliphatic rings. The molecule has 0 spiro atoms. The number of hydrogen-bond acceptors (Lipinski definition) is 13. The minimum atomic E-state index is -4.57. The van der Waals surface area contributed by atoms with Crippen LogP contribution in [0.1, 0.15) is 52.2 Å². The molecule has 17 heteroatoms. The Kier molecular flexibility index (Phi) is 12.0. The van der Waals surface area contributed by atoms with Crippen molar-refractivity contribution in [2.24, 2.45) is 0 Å². The number of fused-ring (bicyclic) bond motifs is 1. The number of benzene rings is 1. The minimum Gasteiger partial charge on any atom is -0.476 e. The van der Waals surface area contributed by atoms with Crippen LogP contribution >= 0.6 is 7.75 Å². The Morgan fingerprint density at radius 2 is 1.89 bits per heavy atom. The molecule has 0 saturated carbocycles. The molecular weight excluding hydrogens is 640 g/mol. The number of aromatic nitrogens is 4. The summed E-state index contributed by atoms with van der Waals surface area (Å²) in [5.74, 6) is -1.04. The number of aliphatic hydroxyl groups is 1. The van der Waals surface area contributed by atoms with Crippen molar-refractivity contribution in [2.75, 3.05) is 26.4 Å². The molecule has 0 radical (unpaired) electrons. The highest BCUT2D eigenvalue weighted by atomic mass is 31.2. The van der Waals surface area contributed by atoms with Crippen LogP contribution in [0.25, 0.3) is 11.2 Å². The van der Waals surface area contributed by atoms with Crippen molar-refractivity contribution in [2.45, 2.75) is 84.2 Å². The second-order valence-corrected chi connectivity index (χ2v) is 13.0. The molecule has 1 fully saturated rings. The monoisotopic (exact) mass is 681 g/mol. The summed E-state index contributed by atoms with van der Waals surface area (Å²) in [7, 11) is -4.57. The molecule has 3 heterocycles. The molecule has 2 aromatic heterocycles. The van der Waals surface area contributed by atoms with Gasteiger partial charge in [-0.15, -0.1) is 0 Å². The van der Waals surface area contributed by atoms with Crippen molar-refractivity contribution >= 4 is 30.8 Å². The standard InChI is InChI=1S/C30H41FN5O10P/c1-7-41-23(37)16-44-47(40,35-21(28(39)45-18(3)4)14-20-12-10-9-11-13-20)43-15-22-25(38)30(6,31)29(46-22)36-17-32-24-26(36)33-19(5)34-27(24)42-8-2/h9-13,17-18,21-22,25,29,38H,7-8,14-16H2,1-6H3,(H,35,40)/t21-,22+,25?,29+,30-,47?/m0/s1. The average molecular weight is 682 g/mol. The molecular formula is C30H41FN5O10P. The molecule has 3 aromatic rings. The van der Waals surface area contributed by atoms with Gasteiger partial charge in [0.2, 0.25) is 5.88 Å². The Labute approximate surface area is 271 Å². The summed E-state index contributed by atoms with van der Waals surface area (Å²) in [5.41, 5.74) is -1.23. The molecule has 1 aromatic carbocycles. The molecule has 47 heavy (non-hydrogen) atoms. The number of imidazole rings is 1. The lowest BCUT2D eigenvalue weighted by Gasteiger charge is -2.26. The first-order chi connectivity index (χ1) is 22.3. The van der Waals surface area contributed by atoms with Crippen LogP contribution in [-0.2, 0) is 43.8 Å². The van der Waals surface area contributed by atoms with E-state index in [4.69, 9.17) is 28.0 Å². The van der Waals surface area contributed by atoms with Gasteiger partial charge in [-0.1, -0.05) is 30.3 Å². The highest BCUT2D eigenvalue weighted by Crippen LogP contribution is 2.48. The maximum absolute atomic E-state index is 16.2. The molecule has 1 saturated heterocycles. The summed E-state index contributed by atoms with van der Waals surface area (Å²) in [4.78, 5) is 38.1. The molecule has 4 rings (SSSR count). The molecule has 2 unspecified atom stereocenters. The Hall–Kier alpha value is -3.53. The van der Waals surface area contributed by atoms with Crippen LogP contribution < -0.4 is 9.82 Å². The van der Waals surface area contributed by atoms with E-state index in [9.17, 15) is 19.3 Å². The van der Waals surface area contributed by atoms with Gasteiger partial charge in [-0.3, -0.25) is 18.4 Å². The Morgan fingerprint density at radius 3 is 2.55 bits per heavy atom. The Bertz CT molecular complexity index is 1570. The summed E-state index contributed by atoms with van der Waals surface area (Å²) in [6.45, 7) is 8.33. The molecule has 2 N–H and O–H groups in total. The smallest absolute Gasteiger partial charge is 0.406 e. The normalized spacial score (nSPS) is 23.0. The van der Waals surface area contributed by atoms with Crippen molar-refractivity contribution in [1.82, 2.24) is 24.6 Å². The van der Waals surface area contributed by atoms with Gasteiger partial charge in [0.1, 0.15) is 24.1 Å². The number of aryl methyl sites for hydroxylation is 1. The van der Waals surface area contributed by atoms with Crippen molar-refractivity contribution in [3.05, 3.63) is 48.0 Å². The number of rotatable bonds is 16. The van der Waals surface area contributed by atoms with Crippen molar-refractivity contribution < 1.29 is 51.6 Å². The zero-order valence-electron chi connectivity index (χ0n) is 27.1. The summed E-state index contributed by atoms with van der Waals surface area (Å²) >= 11 is 0. The number of aliphatic hydroxyl groups excluding tert-OH is 1. The van der Waals surface area contributed by atoms with Gasteiger partial charge in [0.25, 0.3) is 0 Å². The highest BCUT2D eigenvalue weighted by molar-refractivity contribution is 7.51. The summed E-state index contributed by atoms with van der Waals surface area (Å²) in [6.07, 6.45) is -3.80. The third kappa shape index (κ3) is 8.89. The second kappa shape index (κ2) is 15.6. The number of hydrogen-bond donors (Lipinski definition) is 2. The SMILES string of the molecule is CCOC(=O)COP(=O)(N[C@@H](Cc1ccccc1)C(=O)OC(C)C)OC[C@H]1O[C@@H](n2cnc3c(OCC)nc(C)nc32)[C@@](C)(F)C1O. The van der Waals surface area contributed by atoms with Crippen LogP contribution in [0.3, 0.4) is 0 Å². The Morgan fingerprint density at radius 1 is 1.17 bits per heavy atom. The van der Waals surface area contributed by atoms with Gasteiger partial charge in [-0.2, -0.15) is 4.98 Å². The maximum Gasteiger partial charge on any atom is 0.406 e. The molecule has 0 bridgehead atoms. The van der Waals surface area contributed by atoms with Gasteiger partial charge in [0, 0.05) is 0 Å². The molecule has 15 nitrogen and oxygen atoms in total. The fraction of sp³-hybridized carbons (Fsp3) is 0.567. The maximum atomic E-state index is 16.2. The number of nitrogens with zero attached hydrogens (tertiary/aromatic N) is 4. The number of carbonyl (C=O) groups excluding carboxylic acids is 2. The third-order valence-electron chi connectivity index (χ3n) is 7.05. The fourth-order valence-corrected chi connectivity index (χ4v) is 6.33. The van der Waals surface area contributed by atoms with Crippen molar-refractivity contribution in [1.29, 1.82) is 0 Å². The molecule has 0 amide bonds. The molecule has 258 valence electrons.